The molecule has 0 aliphatic heterocycles. The van der Waals surface area contributed by atoms with Crippen LogP contribution in [0.5, 0.6) is 0 Å². The van der Waals surface area contributed by atoms with Crippen LogP contribution in [0, 0.1) is 11.6 Å². The van der Waals surface area contributed by atoms with Crippen molar-refractivity contribution in [3.63, 3.8) is 0 Å². The van der Waals surface area contributed by atoms with Gasteiger partial charge in [0.05, 0.1) is 0 Å². The van der Waals surface area contributed by atoms with Crippen molar-refractivity contribution in [1.29, 1.82) is 0 Å². The van der Waals surface area contributed by atoms with Gasteiger partial charge in [-0.3, -0.25) is 14.4 Å². The largest absolute Gasteiger partial charge is 0.491 e. The molecule has 14 heteroatoms. The number of hydrogen-bond donors (Lipinski definition) is 6. The zero-order chi connectivity index (χ0) is 26.1. The molecule has 186 valence electrons. The van der Waals surface area contributed by atoms with Crippen LogP contribution >= 0.6 is 0 Å². The Morgan fingerprint density at radius 3 is 1.89 bits per heavy atom. The molecule has 0 saturated carbocycles. The maximum atomic E-state index is 14.0. The predicted octanol–water partition coefficient (Wildman–Crippen LogP) is -1.55. The fourth-order valence-corrected chi connectivity index (χ4v) is 3.25. The molecule has 0 bridgehead atoms. The monoisotopic (exact) mass is 492 g/mol. The van der Waals surface area contributed by atoms with Gasteiger partial charge in [-0.2, -0.15) is 0 Å². The standard InChI is InChI=1S/C21H24B2F2N2O8/c24-17-10-13(4-6-15(17)22(32)33)20(30)26-8-2-1-3-9-27(12-19(28)29)21(31)14-5-7-16(23(34)35)18(25)11-14/h4-7,10-11,32-35H,1-3,8-9,12H2,(H,26,30)(H,28,29). The van der Waals surface area contributed by atoms with Gasteiger partial charge in [0, 0.05) is 35.1 Å². The molecule has 2 rings (SSSR count). The zero-order valence-corrected chi connectivity index (χ0v) is 18.5. The third-order valence-electron chi connectivity index (χ3n) is 5.07. The van der Waals surface area contributed by atoms with E-state index < -0.39 is 55.7 Å². The molecule has 0 aliphatic rings. The summed E-state index contributed by atoms with van der Waals surface area (Å²) in [4.78, 5) is 36.9. The summed E-state index contributed by atoms with van der Waals surface area (Å²) < 4.78 is 27.7. The second-order valence-corrected chi connectivity index (χ2v) is 7.66. The summed E-state index contributed by atoms with van der Waals surface area (Å²) in [7, 11) is -4.05. The average Bonchev–Trinajstić information content (AvgIpc) is 2.78. The molecule has 0 aromatic heterocycles. The molecule has 0 unspecified atom stereocenters. The second kappa shape index (κ2) is 13.0. The molecule has 35 heavy (non-hydrogen) atoms. The van der Waals surface area contributed by atoms with Crippen LogP contribution in [0.2, 0.25) is 0 Å². The van der Waals surface area contributed by atoms with Crippen LogP contribution in [0.15, 0.2) is 36.4 Å². The molecule has 2 aromatic carbocycles. The minimum Gasteiger partial charge on any atom is -0.480 e. The number of halogens is 2. The lowest BCUT2D eigenvalue weighted by molar-refractivity contribution is -0.137. The first-order valence-corrected chi connectivity index (χ1v) is 10.6. The Kier molecular flexibility index (Phi) is 10.3. The van der Waals surface area contributed by atoms with Crippen LogP contribution in [0.25, 0.3) is 0 Å². The van der Waals surface area contributed by atoms with E-state index in [1.807, 2.05) is 0 Å². The number of hydrogen-bond acceptors (Lipinski definition) is 7. The van der Waals surface area contributed by atoms with Crippen LogP contribution < -0.4 is 16.2 Å². The second-order valence-electron chi connectivity index (χ2n) is 7.66. The number of rotatable bonds is 12. The number of aliphatic carboxylic acids is 1. The van der Waals surface area contributed by atoms with Crippen LogP contribution in [0.4, 0.5) is 8.78 Å². The Balaban J connectivity index is 1.85. The number of carboxylic acids is 1. The molecule has 0 fully saturated rings. The number of benzene rings is 2. The van der Waals surface area contributed by atoms with Crippen molar-refractivity contribution in [3.05, 3.63) is 59.2 Å². The molecule has 2 aromatic rings. The van der Waals surface area contributed by atoms with Gasteiger partial charge in [-0.15, -0.1) is 0 Å². The molecular weight excluding hydrogens is 468 g/mol. The molecule has 10 nitrogen and oxygen atoms in total. The number of unbranched alkanes of at least 4 members (excludes halogenated alkanes) is 2. The van der Waals surface area contributed by atoms with E-state index in [1.54, 1.807) is 0 Å². The van der Waals surface area contributed by atoms with Crippen LogP contribution in [-0.2, 0) is 4.79 Å². The van der Waals surface area contributed by atoms with Gasteiger partial charge in [-0.05, 0) is 43.5 Å². The lowest BCUT2D eigenvalue weighted by Gasteiger charge is -2.21. The Hall–Kier alpha value is -3.32. The molecule has 0 radical (unpaired) electrons. The topological polar surface area (TPSA) is 168 Å². The van der Waals surface area contributed by atoms with Crippen LogP contribution in [-0.4, -0.2) is 81.8 Å². The zero-order valence-electron chi connectivity index (χ0n) is 18.5. The fraction of sp³-hybridized carbons (Fsp3) is 0.286. The smallest absolute Gasteiger partial charge is 0.480 e. The normalized spacial score (nSPS) is 10.6. The molecule has 0 saturated heterocycles. The highest BCUT2D eigenvalue weighted by Gasteiger charge is 2.22. The highest BCUT2D eigenvalue weighted by atomic mass is 19.1. The SMILES string of the molecule is O=C(O)CN(CCCCCNC(=O)c1ccc(B(O)O)c(F)c1)C(=O)c1ccc(B(O)O)c(F)c1. The van der Waals surface area contributed by atoms with Crippen molar-refractivity contribution in [2.45, 2.75) is 19.3 Å². The Morgan fingerprint density at radius 1 is 0.829 bits per heavy atom. The van der Waals surface area contributed by atoms with Gasteiger partial charge < -0.3 is 35.4 Å². The molecule has 0 atom stereocenters. The summed E-state index contributed by atoms with van der Waals surface area (Å²) >= 11 is 0. The molecule has 0 aliphatic carbocycles. The van der Waals surface area contributed by atoms with Crippen molar-refractivity contribution in [2.24, 2.45) is 0 Å². The number of carbonyl (C=O) groups is 3. The van der Waals surface area contributed by atoms with E-state index in [1.165, 1.54) is 12.1 Å². The minimum atomic E-state index is -2.05. The molecule has 2 amide bonds. The summed E-state index contributed by atoms with van der Waals surface area (Å²) in [6.07, 6.45) is 1.34. The van der Waals surface area contributed by atoms with Crippen molar-refractivity contribution < 1.29 is 48.4 Å². The third kappa shape index (κ3) is 8.14. The van der Waals surface area contributed by atoms with Gasteiger partial charge in [-0.25, -0.2) is 8.78 Å². The van der Waals surface area contributed by atoms with Gasteiger partial charge in [0.1, 0.15) is 18.2 Å². The Morgan fingerprint density at radius 2 is 1.37 bits per heavy atom. The maximum absolute atomic E-state index is 14.0. The van der Waals surface area contributed by atoms with Crippen molar-refractivity contribution in [3.8, 4) is 0 Å². The molecule has 6 N–H and O–H groups in total. The maximum Gasteiger partial charge on any atom is 0.491 e. The van der Waals surface area contributed by atoms with Crippen molar-refractivity contribution in [2.75, 3.05) is 19.6 Å². The number of carboxylic acid groups (broad SMARTS) is 1. The Bertz CT molecular complexity index is 1070. The summed E-state index contributed by atoms with van der Waals surface area (Å²) in [5, 5.41) is 47.8. The molecular formula is C21H24B2F2N2O8. The van der Waals surface area contributed by atoms with E-state index in [4.69, 9.17) is 25.2 Å². The first-order chi connectivity index (χ1) is 16.5. The summed E-state index contributed by atoms with van der Waals surface area (Å²) in [5.74, 6) is -4.52. The van der Waals surface area contributed by atoms with E-state index in [-0.39, 0.29) is 29.7 Å². The Labute approximate surface area is 200 Å². The third-order valence-corrected chi connectivity index (χ3v) is 5.07. The predicted molar refractivity (Wildman–Crippen MR) is 122 cm³/mol. The number of nitrogens with zero attached hydrogens (tertiary/aromatic N) is 1. The van der Waals surface area contributed by atoms with E-state index in [0.717, 1.165) is 29.2 Å². The fourth-order valence-electron chi connectivity index (χ4n) is 3.25. The average molecular weight is 492 g/mol. The van der Waals surface area contributed by atoms with Gasteiger partial charge in [-0.1, -0.05) is 12.1 Å². The first kappa shape index (κ1) is 27.9. The first-order valence-electron chi connectivity index (χ1n) is 10.6. The van der Waals surface area contributed by atoms with Gasteiger partial charge in [0.25, 0.3) is 11.8 Å². The lowest BCUT2D eigenvalue weighted by Crippen LogP contribution is -2.37. The van der Waals surface area contributed by atoms with Gasteiger partial charge in [0.15, 0.2) is 0 Å². The molecule has 0 heterocycles. The minimum absolute atomic E-state index is 0.00269. The van der Waals surface area contributed by atoms with Gasteiger partial charge in [0.2, 0.25) is 0 Å². The number of carbonyl (C=O) groups excluding carboxylic acids is 2. The number of amides is 2. The van der Waals surface area contributed by atoms with E-state index >= 15 is 0 Å². The van der Waals surface area contributed by atoms with Crippen LogP contribution in [0.3, 0.4) is 0 Å². The molecule has 0 spiro atoms. The quantitative estimate of drug-likeness (QED) is 0.153. The lowest BCUT2D eigenvalue weighted by atomic mass is 9.79. The van der Waals surface area contributed by atoms with E-state index in [9.17, 15) is 23.2 Å². The summed E-state index contributed by atoms with van der Waals surface area (Å²) in [5.41, 5.74) is -0.922. The summed E-state index contributed by atoms with van der Waals surface area (Å²) in [6, 6.07) is 6.23. The summed E-state index contributed by atoms with van der Waals surface area (Å²) in [6.45, 7) is -0.360. The number of nitrogens with one attached hydrogen (secondary N) is 1. The van der Waals surface area contributed by atoms with Crippen molar-refractivity contribution in [1.82, 2.24) is 10.2 Å². The van der Waals surface area contributed by atoms with E-state index in [2.05, 4.69) is 5.32 Å². The highest BCUT2D eigenvalue weighted by molar-refractivity contribution is 6.59. The van der Waals surface area contributed by atoms with E-state index in [0.29, 0.717) is 19.3 Å². The highest BCUT2D eigenvalue weighted by Crippen LogP contribution is 2.09. The van der Waals surface area contributed by atoms with Crippen LogP contribution in [0.1, 0.15) is 40.0 Å². The van der Waals surface area contributed by atoms with Gasteiger partial charge >= 0.3 is 20.2 Å². The van der Waals surface area contributed by atoms with Crippen molar-refractivity contribution >= 4 is 42.9 Å².